The van der Waals surface area contributed by atoms with Crippen molar-refractivity contribution in [3.8, 4) is 5.75 Å². The molecule has 2 atom stereocenters. The van der Waals surface area contributed by atoms with Gasteiger partial charge in [0.1, 0.15) is 5.75 Å². The lowest BCUT2D eigenvalue weighted by atomic mass is 9.89. The maximum Gasteiger partial charge on any atom is 0.534 e. The second-order valence-electron chi connectivity index (χ2n) is 7.42. The van der Waals surface area contributed by atoms with Crippen LogP contribution in [0.25, 0.3) is 10.8 Å². The highest BCUT2D eigenvalue weighted by Gasteiger charge is 2.48. The van der Waals surface area contributed by atoms with Crippen LogP contribution in [0.2, 0.25) is 0 Å². The van der Waals surface area contributed by atoms with Crippen LogP contribution in [0.1, 0.15) is 31.7 Å². The molecular formula is C20H22F3NO5S. The third-order valence-electron chi connectivity index (χ3n) is 5.41. The zero-order chi connectivity index (χ0) is 22.1. The molecule has 0 aromatic heterocycles. The van der Waals surface area contributed by atoms with Crippen molar-refractivity contribution < 1.29 is 35.7 Å². The minimum absolute atomic E-state index is 0.166. The van der Waals surface area contributed by atoms with E-state index >= 15 is 0 Å². The van der Waals surface area contributed by atoms with E-state index in [1.54, 1.807) is 6.07 Å². The van der Waals surface area contributed by atoms with Crippen molar-refractivity contribution in [1.29, 1.82) is 0 Å². The molecule has 0 radical (unpaired) electrons. The molecule has 6 nitrogen and oxygen atoms in total. The van der Waals surface area contributed by atoms with Gasteiger partial charge in [-0.1, -0.05) is 25.1 Å². The van der Waals surface area contributed by atoms with Crippen LogP contribution < -0.4 is 4.18 Å². The quantitative estimate of drug-likeness (QED) is 0.531. The molecule has 0 saturated carbocycles. The van der Waals surface area contributed by atoms with Gasteiger partial charge >= 0.3 is 21.6 Å². The Balaban J connectivity index is 1.76. The van der Waals surface area contributed by atoms with Crippen molar-refractivity contribution in [1.82, 2.24) is 4.90 Å². The Kier molecular flexibility index (Phi) is 6.28. The fourth-order valence-electron chi connectivity index (χ4n) is 3.79. The summed E-state index contributed by atoms with van der Waals surface area (Å²) >= 11 is 0. The highest BCUT2D eigenvalue weighted by atomic mass is 32.2. The number of alkyl halides is 3. The third kappa shape index (κ3) is 4.86. The smallest absolute Gasteiger partial charge is 0.481 e. The van der Waals surface area contributed by atoms with Gasteiger partial charge < -0.3 is 9.29 Å². The van der Waals surface area contributed by atoms with Gasteiger partial charge in [0.2, 0.25) is 0 Å². The molecule has 1 aliphatic rings. The Morgan fingerprint density at radius 3 is 2.50 bits per heavy atom. The lowest BCUT2D eigenvalue weighted by molar-refractivity contribution is -0.144. The molecule has 1 heterocycles. The Hall–Kier alpha value is -2.33. The normalized spacial score (nSPS) is 20.9. The molecule has 0 amide bonds. The molecule has 0 spiro atoms. The molecule has 1 fully saturated rings. The minimum atomic E-state index is -5.72. The first-order valence-corrected chi connectivity index (χ1v) is 10.9. The Morgan fingerprint density at radius 2 is 1.87 bits per heavy atom. The number of aliphatic carboxylic acids is 1. The molecule has 1 N–H and O–H groups in total. The van der Waals surface area contributed by atoms with E-state index in [-0.39, 0.29) is 12.0 Å². The molecule has 3 rings (SSSR count). The maximum atomic E-state index is 12.5. The van der Waals surface area contributed by atoms with Crippen LogP contribution in [-0.2, 0) is 21.5 Å². The monoisotopic (exact) mass is 445 g/mol. The average Bonchev–Trinajstić information content (AvgIpc) is 2.67. The van der Waals surface area contributed by atoms with E-state index in [1.807, 2.05) is 19.1 Å². The molecule has 0 bridgehead atoms. The SMILES string of the molecule is CCC1CC(C(=O)O)CCN1Cc1ccc2cc(OS(=O)(=O)C(F)(F)F)ccc2c1. The number of carbonyl (C=O) groups is 1. The molecule has 2 aromatic rings. The number of hydrogen-bond donors (Lipinski definition) is 1. The highest BCUT2D eigenvalue weighted by molar-refractivity contribution is 7.88. The summed E-state index contributed by atoms with van der Waals surface area (Å²) in [6.07, 6.45) is 2.04. The summed E-state index contributed by atoms with van der Waals surface area (Å²) in [5.74, 6) is -1.49. The van der Waals surface area contributed by atoms with E-state index in [0.717, 1.165) is 17.4 Å². The van der Waals surface area contributed by atoms with Crippen LogP contribution in [0.3, 0.4) is 0 Å². The van der Waals surface area contributed by atoms with Gasteiger partial charge in [0.05, 0.1) is 5.92 Å². The van der Waals surface area contributed by atoms with Crippen molar-refractivity contribution in [2.24, 2.45) is 5.92 Å². The Labute approximate surface area is 172 Å². The summed E-state index contributed by atoms with van der Waals surface area (Å²) in [6, 6.07) is 9.50. The van der Waals surface area contributed by atoms with Crippen LogP contribution in [0.5, 0.6) is 5.75 Å². The first kappa shape index (κ1) is 22.4. The van der Waals surface area contributed by atoms with Gasteiger partial charge in [-0.2, -0.15) is 21.6 Å². The number of carboxylic acids is 1. The number of halogens is 3. The molecule has 2 unspecified atom stereocenters. The Bertz CT molecular complexity index is 1040. The summed E-state index contributed by atoms with van der Waals surface area (Å²) < 4.78 is 64.0. The van der Waals surface area contributed by atoms with Crippen LogP contribution >= 0.6 is 0 Å². The predicted molar refractivity (Wildman–Crippen MR) is 104 cm³/mol. The summed E-state index contributed by atoms with van der Waals surface area (Å²) in [6.45, 7) is 3.33. The van der Waals surface area contributed by atoms with Crippen molar-refractivity contribution in [3.05, 3.63) is 42.0 Å². The number of likely N-dealkylation sites (tertiary alicyclic amines) is 1. The summed E-state index contributed by atoms with van der Waals surface area (Å²) in [5, 5.41) is 10.5. The zero-order valence-electron chi connectivity index (χ0n) is 16.2. The molecule has 1 saturated heterocycles. The van der Waals surface area contributed by atoms with Gasteiger partial charge in [-0.25, -0.2) is 0 Å². The van der Waals surface area contributed by atoms with E-state index < -0.39 is 27.3 Å². The number of benzene rings is 2. The van der Waals surface area contributed by atoms with E-state index in [0.29, 0.717) is 31.3 Å². The number of nitrogens with zero attached hydrogens (tertiary/aromatic N) is 1. The lowest BCUT2D eigenvalue weighted by Gasteiger charge is -2.38. The average molecular weight is 445 g/mol. The minimum Gasteiger partial charge on any atom is -0.481 e. The van der Waals surface area contributed by atoms with Crippen molar-refractivity contribution >= 4 is 26.9 Å². The maximum absolute atomic E-state index is 12.5. The largest absolute Gasteiger partial charge is 0.534 e. The van der Waals surface area contributed by atoms with E-state index in [1.165, 1.54) is 18.2 Å². The van der Waals surface area contributed by atoms with Crippen LogP contribution in [-0.4, -0.2) is 42.5 Å². The fourth-order valence-corrected chi connectivity index (χ4v) is 4.24. The number of hydrogen-bond acceptors (Lipinski definition) is 5. The number of carboxylic acid groups (broad SMARTS) is 1. The summed E-state index contributed by atoms with van der Waals surface area (Å²) in [5.41, 5.74) is -4.51. The van der Waals surface area contributed by atoms with Gasteiger partial charge in [0, 0.05) is 12.6 Å². The van der Waals surface area contributed by atoms with Crippen molar-refractivity contribution in [2.75, 3.05) is 6.54 Å². The van der Waals surface area contributed by atoms with Gasteiger partial charge in [-0.3, -0.25) is 9.69 Å². The van der Waals surface area contributed by atoms with Crippen LogP contribution in [0.4, 0.5) is 13.2 Å². The Morgan fingerprint density at radius 1 is 1.20 bits per heavy atom. The predicted octanol–water partition coefficient (Wildman–Crippen LogP) is 4.14. The third-order valence-corrected chi connectivity index (χ3v) is 6.39. The molecule has 1 aliphatic heterocycles. The van der Waals surface area contributed by atoms with Gasteiger partial charge in [0.15, 0.2) is 0 Å². The standard InChI is InChI=1S/C20H22F3NO5S/c1-2-17-10-16(19(25)26)7-8-24(17)12-13-3-4-15-11-18(6-5-14(15)9-13)29-30(27,28)20(21,22)23/h3-6,9,11,16-17H,2,7-8,10,12H2,1H3,(H,25,26). The molecule has 30 heavy (non-hydrogen) atoms. The first-order valence-electron chi connectivity index (χ1n) is 9.50. The number of piperidine rings is 1. The molecule has 2 aromatic carbocycles. The van der Waals surface area contributed by atoms with Crippen molar-refractivity contribution in [3.63, 3.8) is 0 Å². The zero-order valence-corrected chi connectivity index (χ0v) is 17.0. The molecule has 164 valence electrons. The first-order chi connectivity index (χ1) is 14.0. The fraction of sp³-hybridized carbons (Fsp3) is 0.450. The summed E-state index contributed by atoms with van der Waals surface area (Å²) in [4.78, 5) is 13.5. The lowest BCUT2D eigenvalue weighted by Crippen LogP contribution is -2.43. The van der Waals surface area contributed by atoms with Gasteiger partial charge in [-0.15, -0.1) is 0 Å². The number of fused-ring (bicyclic) bond motifs is 1. The van der Waals surface area contributed by atoms with E-state index in [2.05, 4.69) is 9.08 Å². The highest BCUT2D eigenvalue weighted by Crippen LogP contribution is 2.30. The molecule has 0 aliphatic carbocycles. The van der Waals surface area contributed by atoms with Crippen molar-refractivity contribution in [2.45, 2.75) is 44.3 Å². The van der Waals surface area contributed by atoms with Crippen LogP contribution in [0.15, 0.2) is 36.4 Å². The molecule has 10 heteroatoms. The molecular weight excluding hydrogens is 423 g/mol. The second-order valence-corrected chi connectivity index (χ2v) is 8.96. The van der Waals surface area contributed by atoms with E-state index in [9.17, 15) is 31.5 Å². The van der Waals surface area contributed by atoms with Gasteiger partial charge in [0.25, 0.3) is 0 Å². The second kappa shape index (κ2) is 8.43. The van der Waals surface area contributed by atoms with Crippen LogP contribution in [0, 0.1) is 5.92 Å². The number of rotatable bonds is 6. The van der Waals surface area contributed by atoms with E-state index in [4.69, 9.17) is 0 Å². The summed E-state index contributed by atoms with van der Waals surface area (Å²) in [7, 11) is -5.72. The topological polar surface area (TPSA) is 83.9 Å². The van der Waals surface area contributed by atoms with Gasteiger partial charge in [-0.05, 0) is 60.3 Å².